The number of amides is 1. The predicted molar refractivity (Wildman–Crippen MR) is 82.8 cm³/mol. The second kappa shape index (κ2) is 8.24. The number of ether oxygens (including phenoxy) is 1. The van der Waals surface area contributed by atoms with Gasteiger partial charge < -0.3 is 15.4 Å². The molecular weight excluding hydrogens is 328 g/mol. The normalized spacial score (nSPS) is 10.2. The zero-order valence-corrected chi connectivity index (χ0v) is 13.2. The summed E-state index contributed by atoms with van der Waals surface area (Å²) in [6.07, 6.45) is 0.530. The molecule has 1 aromatic rings. The van der Waals surface area contributed by atoms with Gasteiger partial charge in [-0.25, -0.2) is 0 Å². The van der Waals surface area contributed by atoms with Gasteiger partial charge in [-0.05, 0) is 11.6 Å². The number of carbonyl (C=O) groups is 1. The topological polar surface area (TPSA) is 55.6 Å². The summed E-state index contributed by atoms with van der Waals surface area (Å²) in [4.78, 5) is 13.7. The lowest BCUT2D eigenvalue weighted by Crippen LogP contribution is -2.32. The SMILES string of the molecule is CN(CCC(N)=S)C(=O)COCc1ccccc1Br. The van der Waals surface area contributed by atoms with Crippen LogP contribution in [-0.4, -0.2) is 36.0 Å². The van der Waals surface area contributed by atoms with Crippen LogP contribution in [0.2, 0.25) is 0 Å². The molecule has 0 aliphatic rings. The molecule has 0 aliphatic carbocycles. The summed E-state index contributed by atoms with van der Waals surface area (Å²) in [5, 5.41) is 0. The molecule has 19 heavy (non-hydrogen) atoms. The van der Waals surface area contributed by atoms with Gasteiger partial charge in [0.15, 0.2) is 0 Å². The minimum Gasteiger partial charge on any atom is -0.393 e. The first-order valence-electron chi connectivity index (χ1n) is 5.84. The highest BCUT2D eigenvalue weighted by Gasteiger charge is 2.09. The molecule has 6 heteroatoms. The van der Waals surface area contributed by atoms with Gasteiger partial charge in [0.2, 0.25) is 5.91 Å². The molecule has 0 aromatic heterocycles. The Balaban J connectivity index is 2.31. The Bertz CT molecular complexity index is 454. The van der Waals surface area contributed by atoms with E-state index in [1.54, 1.807) is 11.9 Å². The molecule has 1 aromatic carbocycles. The second-order valence-corrected chi connectivity index (χ2v) is 5.49. The van der Waals surface area contributed by atoms with Crippen LogP contribution in [0.25, 0.3) is 0 Å². The van der Waals surface area contributed by atoms with Crippen molar-refractivity contribution in [3.8, 4) is 0 Å². The summed E-state index contributed by atoms with van der Waals surface area (Å²) in [5.41, 5.74) is 6.41. The van der Waals surface area contributed by atoms with Crippen molar-refractivity contribution in [2.24, 2.45) is 5.73 Å². The largest absolute Gasteiger partial charge is 0.393 e. The Kier molecular flexibility index (Phi) is 6.97. The molecule has 2 N–H and O–H groups in total. The quantitative estimate of drug-likeness (QED) is 0.769. The molecule has 0 saturated carbocycles. The number of benzene rings is 1. The number of halogens is 1. The number of carbonyl (C=O) groups excluding carboxylic acids is 1. The molecule has 0 unspecified atom stereocenters. The maximum Gasteiger partial charge on any atom is 0.248 e. The van der Waals surface area contributed by atoms with Gasteiger partial charge in [-0.3, -0.25) is 4.79 Å². The monoisotopic (exact) mass is 344 g/mol. The van der Waals surface area contributed by atoms with E-state index in [1.807, 2.05) is 24.3 Å². The van der Waals surface area contributed by atoms with E-state index in [0.29, 0.717) is 24.6 Å². The van der Waals surface area contributed by atoms with Gasteiger partial charge >= 0.3 is 0 Å². The van der Waals surface area contributed by atoms with E-state index in [4.69, 9.17) is 22.7 Å². The van der Waals surface area contributed by atoms with Crippen molar-refractivity contribution in [2.75, 3.05) is 20.2 Å². The highest BCUT2D eigenvalue weighted by Crippen LogP contribution is 2.16. The molecule has 0 aliphatic heterocycles. The van der Waals surface area contributed by atoms with E-state index in [0.717, 1.165) is 10.0 Å². The number of hydrogen-bond donors (Lipinski definition) is 1. The number of nitrogens with zero attached hydrogens (tertiary/aromatic N) is 1. The van der Waals surface area contributed by atoms with Gasteiger partial charge in [-0.2, -0.15) is 0 Å². The summed E-state index contributed by atoms with van der Waals surface area (Å²) in [7, 11) is 1.71. The number of nitrogens with two attached hydrogens (primary N) is 1. The van der Waals surface area contributed by atoms with E-state index < -0.39 is 0 Å². The molecule has 0 atom stereocenters. The third kappa shape index (κ3) is 6.13. The zero-order valence-electron chi connectivity index (χ0n) is 10.8. The van der Waals surface area contributed by atoms with Crippen LogP contribution in [0.15, 0.2) is 28.7 Å². The standard InChI is InChI=1S/C13H17BrN2O2S/c1-16(7-6-12(15)19)13(17)9-18-8-10-4-2-3-5-11(10)14/h2-5H,6-9H2,1H3,(H2,15,19). The first-order valence-corrected chi connectivity index (χ1v) is 7.04. The van der Waals surface area contributed by atoms with Crippen LogP contribution in [0, 0.1) is 0 Å². The van der Waals surface area contributed by atoms with E-state index in [2.05, 4.69) is 15.9 Å². The number of hydrogen-bond acceptors (Lipinski definition) is 3. The lowest BCUT2D eigenvalue weighted by molar-refractivity contribution is -0.135. The number of thiocarbonyl (C=S) groups is 1. The van der Waals surface area contributed by atoms with Crippen LogP contribution in [0.4, 0.5) is 0 Å². The summed E-state index contributed by atoms with van der Waals surface area (Å²) in [6.45, 7) is 0.970. The summed E-state index contributed by atoms with van der Waals surface area (Å²) >= 11 is 8.20. The van der Waals surface area contributed by atoms with Gasteiger partial charge in [-0.15, -0.1) is 0 Å². The van der Waals surface area contributed by atoms with Crippen molar-refractivity contribution < 1.29 is 9.53 Å². The summed E-state index contributed by atoms with van der Waals surface area (Å²) in [5.74, 6) is -0.0803. The minimum atomic E-state index is -0.0803. The van der Waals surface area contributed by atoms with Crippen LogP contribution in [0.1, 0.15) is 12.0 Å². The molecule has 0 fully saturated rings. The highest BCUT2D eigenvalue weighted by molar-refractivity contribution is 9.10. The molecular formula is C13H17BrN2O2S. The Morgan fingerprint density at radius 1 is 1.47 bits per heavy atom. The fourth-order valence-corrected chi connectivity index (χ4v) is 1.87. The van der Waals surface area contributed by atoms with Crippen molar-refractivity contribution in [3.63, 3.8) is 0 Å². The fourth-order valence-electron chi connectivity index (χ4n) is 1.38. The Morgan fingerprint density at radius 2 is 2.16 bits per heavy atom. The van der Waals surface area contributed by atoms with Gasteiger partial charge in [-0.1, -0.05) is 46.3 Å². The molecule has 1 rings (SSSR count). The molecule has 0 radical (unpaired) electrons. The van der Waals surface area contributed by atoms with Crippen LogP contribution < -0.4 is 5.73 Å². The van der Waals surface area contributed by atoms with Crippen molar-refractivity contribution in [2.45, 2.75) is 13.0 Å². The molecule has 4 nitrogen and oxygen atoms in total. The molecule has 1 amide bonds. The first-order chi connectivity index (χ1) is 9.00. The smallest absolute Gasteiger partial charge is 0.248 e. The van der Waals surface area contributed by atoms with E-state index in [-0.39, 0.29) is 12.5 Å². The maximum absolute atomic E-state index is 11.7. The minimum absolute atomic E-state index is 0.0508. The molecule has 0 heterocycles. The van der Waals surface area contributed by atoms with Gasteiger partial charge in [0.25, 0.3) is 0 Å². The summed E-state index contributed by atoms with van der Waals surface area (Å²) in [6, 6.07) is 7.75. The first kappa shape index (κ1) is 16.1. The molecule has 0 bridgehead atoms. The third-order valence-corrected chi connectivity index (χ3v) is 3.54. The average molecular weight is 345 g/mol. The molecule has 0 saturated heterocycles. The fraction of sp³-hybridized carbons (Fsp3) is 0.385. The number of likely N-dealkylation sites (N-methyl/N-ethyl adjacent to an activating group) is 1. The zero-order chi connectivity index (χ0) is 14.3. The average Bonchev–Trinajstić information content (AvgIpc) is 2.38. The van der Waals surface area contributed by atoms with Gasteiger partial charge in [0.05, 0.1) is 11.6 Å². The summed E-state index contributed by atoms with van der Waals surface area (Å²) < 4.78 is 6.38. The van der Waals surface area contributed by atoms with Crippen molar-refractivity contribution in [3.05, 3.63) is 34.3 Å². The highest BCUT2D eigenvalue weighted by atomic mass is 79.9. The molecule has 0 spiro atoms. The second-order valence-electron chi connectivity index (χ2n) is 4.12. The number of rotatable bonds is 7. The van der Waals surface area contributed by atoms with Crippen LogP contribution in [-0.2, 0) is 16.1 Å². The predicted octanol–water partition coefficient (Wildman–Crippen LogP) is 2.10. The van der Waals surface area contributed by atoms with E-state index in [1.165, 1.54) is 0 Å². The van der Waals surface area contributed by atoms with Crippen molar-refractivity contribution in [1.29, 1.82) is 0 Å². The van der Waals surface area contributed by atoms with Crippen molar-refractivity contribution in [1.82, 2.24) is 4.90 Å². The van der Waals surface area contributed by atoms with Crippen LogP contribution >= 0.6 is 28.1 Å². The van der Waals surface area contributed by atoms with Crippen molar-refractivity contribution >= 4 is 39.0 Å². The lowest BCUT2D eigenvalue weighted by Gasteiger charge is -2.16. The lowest BCUT2D eigenvalue weighted by atomic mass is 10.2. The Labute approximate surface area is 127 Å². The Hall–Kier alpha value is -0.980. The maximum atomic E-state index is 11.7. The van der Waals surface area contributed by atoms with Gasteiger partial charge in [0, 0.05) is 24.5 Å². The van der Waals surface area contributed by atoms with E-state index >= 15 is 0 Å². The molecule has 104 valence electrons. The van der Waals surface area contributed by atoms with E-state index in [9.17, 15) is 4.79 Å². The van der Waals surface area contributed by atoms with Crippen LogP contribution in [0.5, 0.6) is 0 Å². The Morgan fingerprint density at radius 3 is 2.79 bits per heavy atom. The third-order valence-electron chi connectivity index (χ3n) is 2.56. The van der Waals surface area contributed by atoms with Crippen LogP contribution in [0.3, 0.4) is 0 Å². The van der Waals surface area contributed by atoms with Gasteiger partial charge in [0.1, 0.15) is 6.61 Å².